The summed E-state index contributed by atoms with van der Waals surface area (Å²) < 4.78 is 27.5. The number of phosphoric ester groups is 1. The number of aliphatic hydroxyl groups is 1. The molecule has 20 heavy (non-hydrogen) atoms. The quantitative estimate of drug-likeness (QED) is 0.550. The molecule has 2 aliphatic rings. The summed E-state index contributed by atoms with van der Waals surface area (Å²) in [6, 6.07) is 1.10. The molecule has 3 heterocycles. The molecule has 0 aromatic carbocycles. The number of hydrogen-bond acceptors (Lipinski definition) is 7. The van der Waals surface area contributed by atoms with E-state index in [1.807, 2.05) is 4.98 Å². The van der Waals surface area contributed by atoms with Gasteiger partial charge in [-0.3, -0.25) is 23.4 Å². The highest BCUT2D eigenvalue weighted by molar-refractivity contribution is 7.47. The first-order valence-electron chi connectivity index (χ1n) is 5.69. The molecule has 2 saturated heterocycles. The number of hydrogen-bond donors (Lipinski definition) is 3. The molecule has 0 aliphatic carbocycles. The largest absolute Gasteiger partial charge is 0.473 e. The molecule has 0 radical (unpaired) electrons. The normalized spacial score (nSPS) is 39.9. The Labute approximate surface area is 111 Å². The lowest BCUT2D eigenvalue weighted by Crippen LogP contribution is -2.36. The Hall–Kier alpha value is -1.29. The number of ether oxygens (including phenoxy) is 1. The minimum atomic E-state index is -4.23. The van der Waals surface area contributed by atoms with Gasteiger partial charge in [-0.15, -0.1) is 0 Å². The SMILES string of the molecule is O=c1ccn([C@@H]2O[C@@H](CO)[C@H]3OP(=O)(O)O[C@H]32)c(=O)[nH]1. The average molecular weight is 306 g/mol. The molecule has 3 rings (SSSR count). The maximum atomic E-state index is 11.7. The third-order valence-corrected chi connectivity index (χ3v) is 4.12. The molecule has 0 bridgehead atoms. The van der Waals surface area contributed by atoms with Crippen LogP contribution in [-0.4, -0.2) is 44.5 Å². The highest BCUT2D eigenvalue weighted by Crippen LogP contribution is 2.58. The van der Waals surface area contributed by atoms with Crippen LogP contribution in [0.5, 0.6) is 0 Å². The standard InChI is InChI=1S/C9H11N2O8P/c12-3-4-6-7(19-20(15,16)18-6)8(17-4)11-2-1-5(13)10-9(11)14/h1-2,4,6-8,12H,3H2,(H,15,16)(H,10,13,14)/t4-,6+,7+,8+/m0/s1. The van der Waals surface area contributed by atoms with E-state index >= 15 is 0 Å². The first-order chi connectivity index (χ1) is 9.41. The number of phosphoric acid groups is 1. The van der Waals surface area contributed by atoms with E-state index in [-0.39, 0.29) is 0 Å². The van der Waals surface area contributed by atoms with E-state index in [4.69, 9.17) is 13.8 Å². The Kier molecular flexibility index (Phi) is 3.16. The van der Waals surface area contributed by atoms with Gasteiger partial charge in [0.25, 0.3) is 5.56 Å². The molecule has 2 aliphatic heterocycles. The lowest BCUT2D eigenvalue weighted by molar-refractivity contribution is -0.0624. The Balaban J connectivity index is 2.00. The smallest absolute Gasteiger partial charge is 0.394 e. The number of rotatable bonds is 2. The number of aromatic amines is 1. The van der Waals surface area contributed by atoms with Crippen molar-refractivity contribution in [2.75, 3.05) is 6.61 Å². The maximum absolute atomic E-state index is 11.7. The maximum Gasteiger partial charge on any atom is 0.473 e. The predicted octanol–water partition coefficient (Wildman–Crippen LogP) is -1.69. The van der Waals surface area contributed by atoms with Crippen molar-refractivity contribution in [1.29, 1.82) is 0 Å². The molecule has 10 nitrogen and oxygen atoms in total. The number of fused-ring (bicyclic) bond motifs is 1. The van der Waals surface area contributed by atoms with Crippen molar-refractivity contribution in [3.05, 3.63) is 33.1 Å². The molecule has 1 aromatic heterocycles. The molecule has 5 atom stereocenters. The van der Waals surface area contributed by atoms with E-state index in [1.54, 1.807) is 0 Å². The Morgan fingerprint density at radius 2 is 2.05 bits per heavy atom. The summed E-state index contributed by atoms with van der Waals surface area (Å²) in [5, 5.41) is 9.18. The highest BCUT2D eigenvalue weighted by Gasteiger charge is 2.57. The molecule has 0 saturated carbocycles. The summed E-state index contributed by atoms with van der Waals surface area (Å²) in [6.45, 7) is -0.473. The van der Waals surface area contributed by atoms with Crippen molar-refractivity contribution < 1.29 is 28.3 Å². The van der Waals surface area contributed by atoms with Gasteiger partial charge in [0.15, 0.2) is 6.23 Å². The van der Waals surface area contributed by atoms with Crippen molar-refractivity contribution in [1.82, 2.24) is 9.55 Å². The number of aromatic nitrogens is 2. The van der Waals surface area contributed by atoms with Crippen LogP contribution in [0.2, 0.25) is 0 Å². The number of H-pyrrole nitrogens is 1. The van der Waals surface area contributed by atoms with E-state index in [0.717, 1.165) is 10.6 Å². The molecule has 1 unspecified atom stereocenters. The fraction of sp³-hybridized carbons (Fsp3) is 0.556. The third kappa shape index (κ3) is 2.16. The Morgan fingerprint density at radius 3 is 2.70 bits per heavy atom. The van der Waals surface area contributed by atoms with E-state index in [0.29, 0.717) is 0 Å². The van der Waals surface area contributed by atoms with Crippen molar-refractivity contribution >= 4 is 7.82 Å². The van der Waals surface area contributed by atoms with Crippen LogP contribution in [0.4, 0.5) is 0 Å². The van der Waals surface area contributed by atoms with Crippen LogP contribution in [0.1, 0.15) is 6.23 Å². The molecular weight excluding hydrogens is 295 g/mol. The number of aliphatic hydroxyl groups excluding tert-OH is 1. The van der Waals surface area contributed by atoms with Crippen LogP contribution in [0.15, 0.2) is 21.9 Å². The van der Waals surface area contributed by atoms with Crippen LogP contribution < -0.4 is 11.2 Å². The van der Waals surface area contributed by atoms with Crippen LogP contribution >= 0.6 is 7.82 Å². The molecule has 2 fully saturated rings. The van der Waals surface area contributed by atoms with Gasteiger partial charge in [0.1, 0.15) is 18.3 Å². The fourth-order valence-corrected chi connectivity index (χ4v) is 3.42. The van der Waals surface area contributed by atoms with Gasteiger partial charge in [-0.2, -0.15) is 0 Å². The Morgan fingerprint density at radius 1 is 1.35 bits per heavy atom. The van der Waals surface area contributed by atoms with Gasteiger partial charge in [0, 0.05) is 12.3 Å². The lowest BCUT2D eigenvalue weighted by atomic mass is 10.1. The van der Waals surface area contributed by atoms with Crippen LogP contribution in [0.3, 0.4) is 0 Å². The molecule has 0 amide bonds. The monoisotopic (exact) mass is 306 g/mol. The van der Waals surface area contributed by atoms with Gasteiger partial charge >= 0.3 is 13.5 Å². The zero-order valence-electron chi connectivity index (χ0n) is 9.91. The average Bonchev–Trinajstić information content (AvgIpc) is 2.83. The van der Waals surface area contributed by atoms with Gasteiger partial charge in [-0.1, -0.05) is 0 Å². The van der Waals surface area contributed by atoms with E-state index < -0.39 is 50.2 Å². The summed E-state index contributed by atoms with van der Waals surface area (Å²) >= 11 is 0. The highest BCUT2D eigenvalue weighted by atomic mass is 31.2. The van der Waals surface area contributed by atoms with Crippen molar-refractivity contribution in [3.63, 3.8) is 0 Å². The van der Waals surface area contributed by atoms with Gasteiger partial charge in [-0.25, -0.2) is 9.36 Å². The molecular formula is C9H11N2O8P. The topological polar surface area (TPSA) is 140 Å². The van der Waals surface area contributed by atoms with Crippen LogP contribution in [-0.2, 0) is 18.3 Å². The van der Waals surface area contributed by atoms with E-state index in [9.17, 15) is 24.2 Å². The Bertz CT molecular complexity index is 683. The van der Waals surface area contributed by atoms with E-state index in [1.165, 1.54) is 6.20 Å². The molecule has 110 valence electrons. The van der Waals surface area contributed by atoms with Crippen molar-refractivity contribution in [2.24, 2.45) is 0 Å². The summed E-state index contributed by atoms with van der Waals surface area (Å²) in [7, 11) is -4.23. The predicted molar refractivity (Wildman–Crippen MR) is 61.9 cm³/mol. The van der Waals surface area contributed by atoms with E-state index in [2.05, 4.69) is 0 Å². The summed E-state index contributed by atoms with van der Waals surface area (Å²) in [6.07, 6.45) is -2.82. The third-order valence-electron chi connectivity index (χ3n) is 3.10. The van der Waals surface area contributed by atoms with Crippen LogP contribution in [0, 0.1) is 0 Å². The summed E-state index contributed by atoms with van der Waals surface area (Å²) in [5.41, 5.74) is -1.35. The lowest BCUT2D eigenvalue weighted by Gasteiger charge is -2.18. The van der Waals surface area contributed by atoms with Gasteiger partial charge in [0.2, 0.25) is 0 Å². The zero-order chi connectivity index (χ0) is 14.5. The van der Waals surface area contributed by atoms with Crippen molar-refractivity contribution in [2.45, 2.75) is 24.5 Å². The second kappa shape index (κ2) is 4.62. The number of nitrogens with one attached hydrogen (secondary N) is 1. The van der Waals surface area contributed by atoms with Crippen molar-refractivity contribution in [3.8, 4) is 0 Å². The zero-order valence-corrected chi connectivity index (χ0v) is 10.8. The first kappa shape index (κ1) is 13.7. The first-order valence-corrected chi connectivity index (χ1v) is 7.18. The summed E-state index contributed by atoms with van der Waals surface area (Å²) in [5.74, 6) is 0. The summed E-state index contributed by atoms with van der Waals surface area (Å²) in [4.78, 5) is 34.1. The van der Waals surface area contributed by atoms with Crippen LogP contribution in [0.25, 0.3) is 0 Å². The number of nitrogens with zero attached hydrogens (tertiary/aromatic N) is 1. The van der Waals surface area contributed by atoms with Gasteiger partial charge in [0.05, 0.1) is 6.61 Å². The van der Waals surface area contributed by atoms with Gasteiger partial charge in [-0.05, 0) is 0 Å². The fourth-order valence-electron chi connectivity index (χ4n) is 2.28. The minimum absolute atomic E-state index is 0.473. The molecule has 3 N–H and O–H groups in total. The van der Waals surface area contributed by atoms with Gasteiger partial charge < -0.3 is 14.7 Å². The second-order valence-corrected chi connectivity index (χ2v) is 5.73. The molecule has 1 aromatic rings. The molecule has 0 spiro atoms. The molecule has 11 heteroatoms. The second-order valence-electron chi connectivity index (χ2n) is 4.37. The minimum Gasteiger partial charge on any atom is -0.394 e.